The zero-order valence-corrected chi connectivity index (χ0v) is 20.2. The van der Waals surface area contributed by atoms with Crippen molar-refractivity contribution in [3.05, 3.63) is 65.7 Å². The summed E-state index contributed by atoms with van der Waals surface area (Å²) < 4.78 is 27.9. The molecular weight excluding hydrogens is 406 g/mol. The minimum absolute atomic E-state index is 0.0411. The van der Waals surface area contributed by atoms with Crippen LogP contribution in [-0.2, 0) is 22.3 Å². The van der Waals surface area contributed by atoms with Crippen LogP contribution in [0.4, 0.5) is 5.69 Å². The Hall–Kier alpha value is -1.89. The highest BCUT2D eigenvalue weighted by Gasteiger charge is 2.24. The van der Waals surface area contributed by atoms with Gasteiger partial charge in [-0.25, -0.2) is 8.42 Å². The van der Waals surface area contributed by atoms with E-state index >= 15 is 0 Å². The Balaban J connectivity index is 1.67. The number of rotatable bonds is 9. The molecule has 1 aliphatic heterocycles. The van der Waals surface area contributed by atoms with Gasteiger partial charge >= 0.3 is 0 Å². The number of nitrogens with zero attached hydrogens (tertiary/aromatic N) is 3. The van der Waals surface area contributed by atoms with E-state index < -0.39 is 10.0 Å². The lowest BCUT2D eigenvalue weighted by Gasteiger charge is -2.36. The van der Waals surface area contributed by atoms with Crippen LogP contribution in [-0.4, -0.2) is 57.4 Å². The molecule has 1 aliphatic rings. The molecule has 0 saturated carbocycles. The highest BCUT2D eigenvalue weighted by atomic mass is 32.2. The summed E-state index contributed by atoms with van der Waals surface area (Å²) in [5, 5.41) is 0. The molecule has 2 aromatic rings. The molecule has 1 saturated heterocycles. The minimum atomic E-state index is -3.40. The maximum Gasteiger partial charge on any atom is 0.218 e. The predicted molar refractivity (Wildman–Crippen MR) is 130 cm³/mol. The normalized spacial score (nSPS) is 15.9. The van der Waals surface area contributed by atoms with Crippen molar-refractivity contribution in [3.8, 4) is 0 Å². The Kier molecular flexibility index (Phi) is 8.14. The van der Waals surface area contributed by atoms with Crippen molar-refractivity contribution in [1.29, 1.82) is 0 Å². The maximum absolute atomic E-state index is 13.2. The van der Waals surface area contributed by atoms with E-state index in [1.807, 2.05) is 30.3 Å². The first kappa shape index (κ1) is 23.8. The molecule has 1 fully saturated rings. The second-order valence-electron chi connectivity index (χ2n) is 9.28. The molecule has 0 bridgehead atoms. The lowest BCUT2D eigenvalue weighted by atomic mass is 10.0. The standard InChI is InChI=1S/C25H37N3O2S/c1-21(2)18-28(31(29,30)20-23-8-6-5-7-9-23)19-22-10-12-25(13-11-22)27-16-14-24(15-17-27)26(3)4/h5-13,21,24H,14-20H2,1-4H3. The lowest BCUT2D eigenvalue weighted by Crippen LogP contribution is -2.42. The first-order chi connectivity index (χ1) is 14.7. The maximum atomic E-state index is 13.2. The van der Waals surface area contributed by atoms with E-state index in [1.165, 1.54) is 18.5 Å². The molecule has 170 valence electrons. The van der Waals surface area contributed by atoms with Crippen LogP contribution in [0.15, 0.2) is 54.6 Å². The number of anilines is 1. The molecule has 0 spiro atoms. The van der Waals surface area contributed by atoms with E-state index in [0.717, 1.165) is 24.2 Å². The summed E-state index contributed by atoms with van der Waals surface area (Å²) in [6.45, 7) is 7.18. The van der Waals surface area contributed by atoms with Crippen LogP contribution >= 0.6 is 0 Å². The van der Waals surface area contributed by atoms with Crippen LogP contribution in [0.1, 0.15) is 37.8 Å². The number of piperidine rings is 1. The predicted octanol–water partition coefficient (Wildman–Crippen LogP) is 4.21. The third-order valence-electron chi connectivity index (χ3n) is 6.01. The molecule has 5 nitrogen and oxygen atoms in total. The van der Waals surface area contributed by atoms with Gasteiger partial charge in [-0.2, -0.15) is 4.31 Å². The van der Waals surface area contributed by atoms with Crippen molar-refractivity contribution >= 4 is 15.7 Å². The van der Waals surface area contributed by atoms with Gasteiger partial charge in [-0.1, -0.05) is 56.3 Å². The molecular formula is C25H37N3O2S. The zero-order chi connectivity index (χ0) is 22.4. The molecule has 0 aliphatic carbocycles. The molecule has 6 heteroatoms. The molecule has 1 heterocycles. The second kappa shape index (κ2) is 10.6. The largest absolute Gasteiger partial charge is 0.371 e. The Morgan fingerprint density at radius 1 is 0.935 bits per heavy atom. The van der Waals surface area contributed by atoms with E-state index in [9.17, 15) is 8.42 Å². The average molecular weight is 444 g/mol. The first-order valence-corrected chi connectivity index (χ1v) is 12.9. The summed E-state index contributed by atoms with van der Waals surface area (Å²) in [5.41, 5.74) is 3.08. The third kappa shape index (κ3) is 6.79. The van der Waals surface area contributed by atoms with Gasteiger partial charge in [-0.05, 0) is 56.1 Å². The van der Waals surface area contributed by atoms with Crippen molar-refractivity contribution in [1.82, 2.24) is 9.21 Å². The van der Waals surface area contributed by atoms with Gasteiger partial charge in [0, 0.05) is 37.9 Å². The molecule has 2 aromatic carbocycles. The minimum Gasteiger partial charge on any atom is -0.371 e. The molecule has 0 atom stereocenters. The number of hydrogen-bond donors (Lipinski definition) is 0. The lowest BCUT2D eigenvalue weighted by molar-refractivity contribution is 0.249. The van der Waals surface area contributed by atoms with Crippen molar-refractivity contribution in [3.63, 3.8) is 0 Å². The molecule has 0 radical (unpaired) electrons. The molecule has 0 unspecified atom stereocenters. The Labute approximate surface area is 188 Å². The molecule has 0 aromatic heterocycles. The highest BCUT2D eigenvalue weighted by Crippen LogP contribution is 2.23. The summed E-state index contributed by atoms with van der Waals surface area (Å²) in [6.07, 6.45) is 2.35. The summed E-state index contributed by atoms with van der Waals surface area (Å²) in [6, 6.07) is 18.5. The first-order valence-electron chi connectivity index (χ1n) is 11.3. The SMILES string of the molecule is CC(C)CN(Cc1ccc(N2CCC(N(C)C)CC2)cc1)S(=O)(=O)Cc1ccccc1. The Morgan fingerprint density at radius 3 is 2.10 bits per heavy atom. The van der Waals surface area contributed by atoms with Crippen LogP contribution in [0.3, 0.4) is 0 Å². The van der Waals surface area contributed by atoms with E-state index in [4.69, 9.17) is 0 Å². The monoisotopic (exact) mass is 443 g/mol. The average Bonchev–Trinajstić information content (AvgIpc) is 2.74. The fourth-order valence-corrected chi connectivity index (χ4v) is 5.88. The van der Waals surface area contributed by atoms with Gasteiger partial charge < -0.3 is 9.80 Å². The summed E-state index contributed by atoms with van der Waals surface area (Å²) in [7, 11) is 0.918. The number of sulfonamides is 1. The van der Waals surface area contributed by atoms with Crippen LogP contribution in [0.25, 0.3) is 0 Å². The van der Waals surface area contributed by atoms with Crippen LogP contribution < -0.4 is 4.90 Å². The molecule has 31 heavy (non-hydrogen) atoms. The molecule has 0 amide bonds. The highest BCUT2D eigenvalue weighted by molar-refractivity contribution is 7.88. The van der Waals surface area contributed by atoms with Crippen molar-refractivity contribution in [2.75, 3.05) is 38.6 Å². The van der Waals surface area contributed by atoms with Gasteiger partial charge in [0.2, 0.25) is 10.0 Å². The van der Waals surface area contributed by atoms with E-state index in [0.29, 0.717) is 19.1 Å². The topological polar surface area (TPSA) is 43.9 Å². The Bertz CT molecular complexity index is 904. The van der Waals surface area contributed by atoms with E-state index in [-0.39, 0.29) is 11.7 Å². The summed E-state index contributed by atoms with van der Waals surface area (Å²) in [4.78, 5) is 4.75. The van der Waals surface area contributed by atoms with Crippen molar-refractivity contribution in [2.45, 2.75) is 45.0 Å². The van der Waals surface area contributed by atoms with Gasteiger partial charge in [-0.3, -0.25) is 0 Å². The Morgan fingerprint density at radius 2 is 1.55 bits per heavy atom. The van der Waals surface area contributed by atoms with Crippen LogP contribution in [0.2, 0.25) is 0 Å². The quantitative estimate of drug-likeness (QED) is 0.582. The van der Waals surface area contributed by atoms with Gasteiger partial charge in [0.15, 0.2) is 0 Å². The fourth-order valence-electron chi connectivity index (χ4n) is 4.22. The summed E-state index contributed by atoms with van der Waals surface area (Å²) >= 11 is 0. The number of benzene rings is 2. The smallest absolute Gasteiger partial charge is 0.218 e. The van der Waals surface area contributed by atoms with E-state index in [1.54, 1.807) is 4.31 Å². The van der Waals surface area contributed by atoms with Crippen molar-refractivity contribution < 1.29 is 8.42 Å². The van der Waals surface area contributed by atoms with Gasteiger partial charge in [0.25, 0.3) is 0 Å². The van der Waals surface area contributed by atoms with Gasteiger partial charge in [0.05, 0.1) is 5.75 Å². The van der Waals surface area contributed by atoms with Crippen LogP contribution in [0, 0.1) is 5.92 Å². The molecule has 0 N–H and O–H groups in total. The van der Waals surface area contributed by atoms with Crippen molar-refractivity contribution in [2.24, 2.45) is 5.92 Å². The molecule has 3 rings (SSSR count). The zero-order valence-electron chi connectivity index (χ0n) is 19.4. The summed E-state index contributed by atoms with van der Waals surface area (Å²) in [5.74, 6) is 0.308. The van der Waals surface area contributed by atoms with E-state index in [2.05, 4.69) is 62.0 Å². The van der Waals surface area contributed by atoms with Gasteiger partial charge in [0.1, 0.15) is 0 Å². The second-order valence-corrected chi connectivity index (χ2v) is 11.2. The van der Waals surface area contributed by atoms with Gasteiger partial charge in [-0.15, -0.1) is 0 Å². The third-order valence-corrected chi connectivity index (χ3v) is 7.77. The fraction of sp³-hybridized carbons (Fsp3) is 0.520. The number of hydrogen-bond acceptors (Lipinski definition) is 4. The van der Waals surface area contributed by atoms with Crippen LogP contribution in [0.5, 0.6) is 0 Å².